The normalized spacial score (nSPS) is 51.3. The predicted molar refractivity (Wildman–Crippen MR) is 161 cm³/mol. The Morgan fingerprint density at radius 1 is 0.952 bits per heavy atom. The minimum absolute atomic E-state index is 0.0406. The molecular weight excluding hydrogens is 532 g/mol. The first-order chi connectivity index (χ1) is 19.3. The van der Waals surface area contributed by atoms with Gasteiger partial charge in [0.05, 0.1) is 36.4 Å². The molecule has 0 aromatic heterocycles. The van der Waals surface area contributed by atoms with Crippen LogP contribution in [0.3, 0.4) is 0 Å². The standard InChI is InChI=1S/C35H56O7/c1-10-19(2)29(41)42-28-27(40)30(3,4)17-21-20-11-12-23-32(7)15-14-24(37)31(5,6)22(32)13-16-33(23,8)34(20,9)25(38)26(39)35(21,28)18-36/h10-11,21-28,36-40H,12-18H2,1-9H3/b19-10+/t21-,22-,23+,24?,25?,26?,27?,28?,32-,33+,34-,35-/m0/s1. The van der Waals surface area contributed by atoms with E-state index in [9.17, 15) is 30.3 Å². The van der Waals surface area contributed by atoms with Crippen molar-refractivity contribution in [3.63, 3.8) is 0 Å². The summed E-state index contributed by atoms with van der Waals surface area (Å²) >= 11 is 0. The fraction of sp³-hybridized carbons (Fsp3) is 0.857. The fourth-order valence-electron chi connectivity index (χ4n) is 11.4. The van der Waals surface area contributed by atoms with Gasteiger partial charge < -0.3 is 30.3 Å². The lowest BCUT2D eigenvalue weighted by molar-refractivity contribution is -0.290. The predicted octanol–water partition coefficient (Wildman–Crippen LogP) is 4.54. The highest BCUT2D eigenvalue weighted by molar-refractivity contribution is 5.87. The van der Waals surface area contributed by atoms with Crippen LogP contribution in [0.4, 0.5) is 0 Å². The Bertz CT molecular complexity index is 1170. The number of allylic oxidation sites excluding steroid dienone is 2. The molecule has 42 heavy (non-hydrogen) atoms. The van der Waals surface area contributed by atoms with Crippen LogP contribution in [0.5, 0.6) is 0 Å². The van der Waals surface area contributed by atoms with E-state index < -0.39 is 59.2 Å². The molecule has 5 N–H and O–H groups in total. The van der Waals surface area contributed by atoms with Gasteiger partial charge in [-0.1, -0.05) is 66.2 Å². The highest BCUT2D eigenvalue weighted by atomic mass is 16.6. The molecule has 4 fully saturated rings. The molecule has 0 aliphatic heterocycles. The van der Waals surface area contributed by atoms with Crippen molar-refractivity contribution < 1.29 is 35.1 Å². The van der Waals surface area contributed by atoms with E-state index in [2.05, 4.69) is 40.7 Å². The second kappa shape index (κ2) is 9.87. The summed E-state index contributed by atoms with van der Waals surface area (Å²) in [5, 5.41) is 58.3. The first kappa shape index (κ1) is 32.2. The SMILES string of the molecule is C/C=C(\C)C(=O)OC1C(O)C(C)(C)C[C@H]2C3=CC[C@@H]4[C@@]5(C)CCC(O)C(C)(C)[C@@H]5CC[C@@]4(C)[C@]3(C)C(O)C(O)[C@@]12CO. The second-order valence-corrected chi connectivity index (χ2v) is 16.7. The van der Waals surface area contributed by atoms with Gasteiger partial charge in [0.2, 0.25) is 0 Å². The van der Waals surface area contributed by atoms with Crippen molar-refractivity contribution in [1.82, 2.24) is 0 Å². The molecule has 5 unspecified atom stereocenters. The number of carbonyl (C=O) groups is 1. The molecule has 5 aliphatic carbocycles. The average molecular weight is 589 g/mol. The Morgan fingerprint density at radius 3 is 2.19 bits per heavy atom. The van der Waals surface area contributed by atoms with Gasteiger partial charge in [-0.15, -0.1) is 0 Å². The van der Waals surface area contributed by atoms with Gasteiger partial charge >= 0.3 is 5.97 Å². The molecule has 5 rings (SSSR count). The minimum atomic E-state index is -1.45. The van der Waals surface area contributed by atoms with Crippen molar-refractivity contribution in [2.24, 2.45) is 50.2 Å². The molecule has 4 saturated carbocycles. The molecular formula is C35H56O7. The number of aliphatic hydroxyl groups excluding tert-OH is 5. The van der Waals surface area contributed by atoms with Crippen molar-refractivity contribution in [1.29, 1.82) is 0 Å². The average Bonchev–Trinajstić information content (AvgIpc) is 2.92. The summed E-state index contributed by atoms with van der Waals surface area (Å²) in [6, 6.07) is 0. The summed E-state index contributed by atoms with van der Waals surface area (Å²) in [5.41, 5.74) is -2.12. The quantitative estimate of drug-likeness (QED) is 0.186. The zero-order chi connectivity index (χ0) is 31.4. The molecule has 7 nitrogen and oxygen atoms in total. The van der Waals surface area contributed by atoms with Crippen LogP contribution in [0.1, 0.15) is 101 Å². The van der Waals surface area contributed by atoms with Crippen LogP contribution >= 0.6 is 0 Å². The zero-order valence-corrected chi connectivity index (χ0v) is 27.3. The Hall–Kier alpha value is -1.25. The van der Waals surface area contributed by atoms with Crippen LogP contribution in [-0.2, 0) is 9.53 Å². The summed E-state index contributed by atoms with van der Waals surface area (Å²) in [5.74, 6) is -0.421. The summed E-state index contributed by atoms with van der Waals surface area (Å²) < 4.78 is 6.00. The number of hydrogen-bond acceptors (Lipinski definition) is 7. The molecule has 0 spiro atoms. The smallest absolute Gasteiger partial charge is 0.333 e. The summed E-state index contributed by atoms with van der Waals surface area (Å²) in [7, 11) is 0. The topological polar surface area (TPSA) is 127 Å². The van der Waals surface area contributed by atoms with E-state index in [1.165, 1.54) is 0 Å². The van der Waals surface area contributed by atoms with Gasteiger partial charge in [0, 0.05) is 11.0 Å². The van der Waals surface area contributed by atoms with E-state index in [4.69, 9.17) is 4.74 Å². The van der Waals surface area contributed by atoms with Crippen molar-refractivity contribution >= 4 is 5.97 Å². The van der Waals surface area contributed by atoms with E-state index in [0.29, 0.717) is 17.9 Å². The molecule has 5 aliphatic rings. The molecule has 0 aromatic rings. The van der Waals surface area contributed by atoms with E-state index in [1.54, 1.807) is 19.9 Å². The van der Waals surface area contributed by atoms with Crippen LogP contribution in [0.2, 0.25) is 0 Å². The number of fused-ring (bicyclic) bond motifs is 7. The monoisotopic (exact) mass is 588 g/mol. The molecule has 0 amide bonds. The molecule has 0 bridgehead atoms. The fourth-order valence-corrected chi connectivity index (χ4v) is 11.4. The lowest BCUT2D eigenvalue weighted by Gasteiger charge is -2.73. The third kappa shape index (κ3) is 3.79. The minimum Gasteiger partial charge on any atom is -0.455 e. The van der Waals surface area contributed by atoms with Crippen LogP contribution in [-0.4, -0.2) is 68.6 Å². The van der Waals surface area contributed by atoms with Crippen molar-refractivity contribution in [2.75, 3.05) is 6.61 Å². The number of hydrogen-bond donors (Lipinski definition) is 5. The van der Waals surface area contributed by atoms with Gasteiger partial charge in [-0.05, 0) is 91.8 Å². The first-order valence-electron chi connectivity index (χ1n) is 16.2. The van der Waals surface area contributed by atoms with Gasteiger partial charge in [0.1, 0.15) is 6.10 Å². The third-order valence-corrected chi connectivity index (χ3v) is 14.5. The van der Waals surface area contributed by atoms with Gasteiger partial charge in [0.15, 0.2) is 0 Å². The first-order valence-corrected chi connectivity index (χ1v) is 16.2. The van der Waals surface area contributed by atoms with Crippen LogP contribution in [0.25, 0.3) is 0 Å². The van der Waals surface area contributed by atoms with E-state index >= 15 is 0 Å². The molecule has 12 atom stereocenters. The van der Waals surface area contributed by atoms with Crippen LogP contribution < -0.4 is 0 Å². The molecule has 0 heterocycles. The maximum absolute atomic E-state index is 13.1. The van der Waals surface area contributed by atoms with Crippen molar-refractivity contribution in [3.8, 4) is 0 Å². The molecule has 0 radical (unpaired) electrons. The Morgan fingerprint density at radius 2 is 1.60 bits per heavy atom. The molecule has 0 aromatic carbocycles. The molecule has 238 valence electrons. The summed E-state index contributed by atoms with van der Waals surface area (Å²) in [6.45, 7) is 17.9. The number of aliphatic hydroxyl groups is 5. The number of rotatable bonds is 3. The van der Waals surface area contributed by atoms with Gasteiger partial charge in [-0.3, -0.25) is 0 Å². The van der Waals surface area contributed by atoms with Crippen LogP contribution in [0.15, 0.2) is 23.3 Å². The Balaban J connectivity index is 1.67. The van der Waals surface area contributed by atoms with E-state index in [0.717, 1.165) is 37.7 Å². The maximum atomic E-state index is 13.1. The summed E-state index contributed by atoms with van der Waals surface area (Å²) in [6.07, 6.45) is 3.34. The largest absolute Gasteiger partial charge is 0.455 e. The van der Waals surface area contributed by atoms with Crippen LogP contribution in [0, 0.1) is 50.2 Å². The highest BCUT2D eigenvalue weighted by Crippen LogP contribution is 2.75. The van der Waals surface area contributed by atoms with Crippen molar-refractivity contribution in [3.05, 3.63) is 23.3 Å². The zero-order valence-electron chi connectivity index (χ0n) is 27.3. The number of ether oxygens (including phenoxy) is 1. The van der Waals surface area contributed by atoms with Crippen molar-refractivity contribution in [2.45, 2.75) is 131 Å². The van der Waals surface area contributed by atoms with E-state index in [-0.39, 0.29) is 28.3 Å². The Kier molecular flexibility index (Phi) is 7.56. The number of carbonyl (C=O) groups excluding carboxylic acids is 1. The Labute approximate surface area is 252 Å². The third-order valence-electron chi connectivity index (χ3n) is 14.5. The summed E-state index contributed by atoms with van der Waals surface area (Å²) in [4.78, 5) is 13.1. The van der Waals surface area contributed by atoms with Gasteiger partial charge in [0.25, 0.3) is 0 Å². The van der Waals surface area contributed by atoms with Gasteiger partial charge in [-0.25, -0.2) is 4.79 Å². The highest BCUT2D eigenvalue weighted by Gasteiger charge is 2.75. The number of esters is 1. The van der Waals surface area contributed by atoms with Gasteiger partial charge in [-0.2, -0.15) is 0 Å². The lowest BCUT2D eigenvalue weighted by Crippen LogP contribution is -2.76. The second-order valence-electron chi connectivity index (χ2n) is 16.7. The lowest BCUT2D eigenvalue weighted by atomic mass is 9.32. The molecule has 7 heteroatoms. The maximum Gasteiger partial charge on any atom is 0.333 e. The molecule has 0 saturated heterocycles. The van der Waals surface area contributed by atoms with E-state index in [1.807, 2.05) is 13.8 Å².